The molecule has 8 nitrogen and oxygen atoms in total. The van der Waals surface area contributed by atoms with Gasteiger partial charge in [-0.1, -0.05) is 36.4 Å². The first-order valence-electron chi connectivity index (χ1n) is 8.85. The van der Waals surface area contributed by atoms with Gasteiger partial charge < -0.3 is 0 Å². The molecule has 0 radical (unpaired) electrons. The summed E-state index contributed by atoms with van der Waals surface area (Å²) in [6, 6.07) is 17.3. The fraction of sp³-hybridized carbons (Fsp3) is 0.200. The van der Waals surface area contributed by atoms with E-state index in [1.54, 1.807) is 73.6 Å². The van der Waals surface area contributed by atoms with E-state index in [2.05, 4.69) is 21.5 Å². The molecule has 174 valence electrons. The largest absolute Gasteiger partial charge is 0.298 e. The number of carbonyl (C=O) groups excluding carboxylic acids is 2. The smallest absolute Gasteiger partial charge is 0.257 e. The number of carbonyl (C=O) groups is 2. The maximum atomic E-state index is 11.9. The van der Waals surface area contributed by atoms with Crippen molar-refractivity contribution in [2.24, 2.45) is 0 Å². The summed E-state index contributed by atoms with van der Waals surface area (Å²) in [5.41, 5.74) is 6.01. The van der Waals surface area contributed by atoms with E-state index in [4.69, 9.17) is 24.4 Å². The molecule has 2 amide bonds. The summed E-state index contributed by atoms with van der Waals surface area (Å²) < 4.78 is 19.1. The van der Waals surface area contributed by atoms with Gasteiger partial charge in [-0.25, -0.2) is 0 Å². The molecule has 0 fully saturated rings. The zero-order chi connectivity index (χ0) is 24.5. The Hall–Kier alpha value is -2.54. The molecule has 0 aromatic heterocycles. The summed E-state index contributed by atoms with van der Waals surface area (Å²) in [7, 11) is -1.22. The van der Waals surface area contributed by atoms with Gasteiger partial charge >= 0.3 is 0 Å². The van der Waals surface area contributed by atoms with Crippen molar-refractivity contribution in [3.63, 3.8) is 0 Å². The Morgan fingerprint density at radius 3 is 1.12 bits per heavy atom. The Labute approximate surface area is 203 Å². The first-order valence-corrected chi connectivity index (χ1v) is 13.6. The van der Waals surface area contributed by atoms with Crippen molar-refractivity contribution in [2.45, 2.75) is 0 Å². The minimum Gasteiger partial charge on any atom is -0.298 e. The van der Waals surface area contributed by atoms with Gasteiger partial charge in [-0.3, -0.25) is 39.5 Å². The van der Waals surface area contributed by atoms with Gasteiger partial charge in [-0.05, 0) is 48.7 Å². The Bertz CT molecular complexity index is 856. The summed E-state index contributed by atoms with van der Waals surface area (Å²) in [5, 5.41) is 5.02. The van der Waals surface area contributed by atoms with Gasteiger partial charge in [-0.2, -0.15) is 0 Å². The van der Waals surface area contributed by atoms with E-state index >= 15 is 0 Å². The number of hydrogen-bond acceptors (Lipinski definition) is 6. The first kappa shape index (κ1) is 29.5. The van der Waals surface area contributed by atoms with Crippen molar-refractivity contribution < 1.29 is 18.0 Å². The van der Waals surface area contributed by atoms with E-state index in [1.807, 2.05) is 12.1 Å². The lowest BCUT2D eigenvalue weighted by Crippen LogP contribution is -2.52. The molecule has 12 heteroatoms. The molecule has 0 saturated carbocycles. The lowest BCUT2D eigenvalue weighted by Gasteiger charge is -2.13. The van der Waals surface area contributed by atoms with Crippen LogP contribution < -0.4 is 21.5 Å². The highest BCUT2D eigenvalue weighted by molar-refractivity contribution is 7.83. The molecule has 32 heavy (non-hydrogen) atoms. The van der Waals surface area contributed by atoms with Gasteiger partial charge in [0.2, 0.25) is 0 Å². The molecule has 0 aliphatic heterocycles. The number of hydrogen-bond donors (Lipinski definition) is 4. The molecule has 0 heterocycles. The van der Waals surface area contributed by atoms with Crippen molar-refractivity contribution in [3.8, 4) is 0 Å². The highest BCUT2D eigenvalue weighted by Crippen LogP contribution is 1.98. The second-order valence-corrected chi connectivity index (χ2v) is 9.81. The lowest BCUT2D eigenvalue weighted by atomic mass is 10.2. The summed E-state index contributed by atoms with van der Waals surface area (Å²) in [4.78, 5) is 23.8. The third-order valence-corrected chi connectivity index (χ3v) is 3.22. The number of thiocarbonyl (C=S) groups is 2. The minimum atomic E-state index is -0.611. The van der Waals surface area contributed by atoms with Crippen molar-refractivity contribution in [1.29, 1.82) is 0 Å². The number of nitrogens with one attached hydrogen (secondary N) is 4. The van der Waals surface area contributed by atoms with Crippen molar-refractivity contribution in [3.05, 3.63) is 71.8 Å². The van der Waals surface area contributed by atoms with E-state index in [9.17, 15) is 18.0 Å². The molecule has 0 aliphatic carbocycles. The predicted molar refractivity (Wildman–Crippen MR) is 139 cm³/mol. The van der Waals surface area contributed by atoms with Crippen LogP contribution in [0.25, 0.3) is 0 Å². The average molecular weight is 515 g/mol. The third kappa shape index (κ3) is 16.2. The van der Waals surface area contributed by atoms with Crippen molar-refractivity contribution in [1.82, 2.24) is 21.5 Å². The van der Waals surface area contributed by atoms with Crippen LogP contribution in [0.3, 0.4) is 0 Å². The van der Waals surface area contributed by atoms with Crippen LogP contribution in [0.1, 0.15) is 20.7 Å². The van der Waals surface area contributed by atoms with E-state index in [0.717, 1.165) is 0 Å². The molecule has 0 atom stereocenters. The van der Waals surface area contributed by atoms with Gasteiger partial charge in [0, 0.05) is 57.7 Å². The fourth-order valence-electron chi connectivity index (χ4n) is 1.71. The van der Waals surface area contributed by atoms with Crippen LogP contribution >= 0.6 is 24.4 Å². The van der Waals surface area contributed by atoms with Crippen LogP contribution in [-0.2, 0) is 21.6 Å². The van der Waals surface area contributed by atoms with Gasteiger partial charge in [0.15, 0.2) is 10.2 Å². The Balaban J connectivity index is 0.00000104. The van der Waals surface area contributed by atoms with Crippen LogP contribution in [0.4, 0.5) is 0 Å². The second-order valence-electron chi connectivity index (χ2n) is 6.03. The fourth-order valence-corrected chi connectivity index (χ4v) is 1.99. The Morgan fingerprint density at radius 1 is 0.625 bits per heavy atom. The molecule has 2 aromatic carbocycles. The molecule has 4 N–H and O–H groups in total. The van der Waals surface area contributed by atoms with Gasteiger partial charge in [0.1, 0.15) is 0 Å². The number of benzene rings is 2. The maximum absolute atomic E-state index is 11.9. The van der Waals surface area contributed by atoms with Crippen LogP contribution in [0.2, 0.25) is 0 Å². The first-order chi connectivity index (χ1) is 15.0. The van der Waals surface area contributed by atoms with Gasteiger partial charge in [-0.15, -0.1) is 0 Å². The van der Waals surface area contributed by atoms with E-state index in [0.29, 0.717) is 11.1 Å². The lowest BCUT2D eigenvalue weighted by molar-refractivity contribution is 0.0966. The topological polar surface area (TPSA) is 116 Å². The number of amides is 2. The Kier molecular flexibility index (Phi) is 15.7. The van der Waals surface area contributed by atoms with Crippen LogP contribution in [0.5, 0.6) is 0 Å². The van der Waals surface area contributed by atoms with Crippen LogP contribution in [0, 0.1) is 0 Å². The van der Waals surface area contributed by atoms with Crippen LogP contribution in [0.15, 0.2) is 60.7 Å². The molecular weight excluding hydrogens is 489 g/mol. The molecular formula is C20H26N4O4S4. The normalized spacial score (nSPS) is 9.31. The van der Waals surface area contributed by atoms with Crippen LogP contribution in [-0.4, -0.2) is 55.5 Å². The Morgan fingerprint density at radius 2 is 0.875 bits per heavy atom. The minimum absolute atomic E-state index is 0.0279. The molecule has 2 rings (SSSR count). The molecule has 0 bridgehead atoms. The maximum Gasteiger partial charge on any atom is 0.257 e. The zero-order valence-electron chi connectivity index (χ0n) is 18.0. The second kappa shape index (κ2) is 17.1. The summed E-state index contributed by atoms with van der Waals surface area (Å²) >= 11 is 9.96. The molecule has 0 spiro atoms. The van der Waals surface area contributed by atoms with Crippen molar-refractivity contribution in [2.75, 3.05) is 25.0 Å². The third-order valence-electron chi connectivity index (χ3n) is 2.82. The van der Waals surface area contributed by atoms with E-state index in [-0.39, 0.29) is 22.0 Å². The summed E-state index contributed by atoms with van der Waals surface area (Å²) in [6.45, 7) is 0. The average Bonchev–Trinajstić information content (AvgIpc) is 2.72. The summed E-state index contributed by atoms with van der Waals surface area (Å²) in [6.07, 6.45) is 6.56. The molecule has 2 aromatic rings. The summed E-state index contributed by atoms with van der Waals surface area (Å²) in [5.74, 6) is -0.705. The van der Waals surface area contributed by atoms with Gasteiger partial charge in [0.25, 0.3) is 11.8 Å². The number of rotatable bonds is 2. The molecule has 0 unspecified atom stereocenters. The van der Waals surface area contributed by atoms with Gasteiger partial charge in [0.05, 0.1) is 0 Å². The molecule has 0 aliphatic rings. The monoisotopic (exact) mass is 514 g/mol. The molecule has 0 saturated heterocycles. The standard InChI is InChI=1S/C16H14N4O2S2.2C2H6OS/c21-13(11-7-3-1-4-8-11)17-15(23)19-20-16(24)18-14(22)12-9-5-2-6-10-12;2*1-4(2)3/h1-10H,(H2,17,19,21,23)(H2,18,20,22,24);2*1-2H3. The quantitative estimate of drug-likeness (QED) is 0.352. The van der Waals surface area contributed by atoms with Crippen molar-refractivity contribution >= 4 is 68.1 Å². The highest BCUT2D eigenvalue weighted by atomic mass is 32.2. The SMILES string of the molecule is CS(C)=O.CS(C)=O.O=C(NC(=S)NNC(=S)NC(=O)c1ccccc1)c1ccccc1. The highest BCUT2D eigenvalue weighted by Gasteiger charge is 2.09. The number of hydrazine groups is 1. The van der Waals surface area contributed by atoms with E-state index < -0.39 is 21.6 Å². The van der Waals surface area contributed by atoms with E-state index in [1.165, 1.54) is 0 Å². The zero-order valence-corrected chi connectivity index (χ0v) is 21.3. The predicted octanol–water partition coefficient (Wildman–Crippen LogP) is 1.50.